The Hall–Kier alpha value is -2.84. The highest BCUT2D eigenvalue weighted by Crippen LogP contribution is 2.36. The zero-order chi connectivity index (χ0) is 22.5. The van der Waals surface area contributed by atoms with E-state index in [2.05, 4.69) is 15.3 Å². The maximum absolute atomic E-state index is 13.6. The number of nitrogens with one attached hydrogen (secondary N) is 1. The number of aryl methyl sites for hydroxylation is 1. The summed E-state index contributed by atoms with van der Waals surface area (Å²) in [6.07, 6.45) is -3.31. The number of nitrogens with zero attached hydrogens (tertiary/aromatic N) is 1. The summed E-state index contributed by atoms with van der Waals surface area (Å²) in [5.74, 6) is -1.41. The normalized spacial score (nSPS) is 12.2. The van der Waals surface area contributed by atoms with Gasteiger partial charge in [0.05, 0.1) is 5.57 Å². The molecular formula is C20H15Cl2F3N2O3. The first kappa shape index (κ1) is 23.4. The highest BCUT2D eigenvalue weighted by Gasteiger charge is 2.35. The van der Waals surface area contributed by atoms with E-state index >= 15 is 0 Å². The van der Waals surface area contributed by atoms with Crippen LogP contribution in [0.15, 0.2) is 47.6 Å². The lowest BCUT2D eigenvalue weighted by Crippen LogP contribution is -2.22. The average Bonchev–Trinajstić information content (AvgIpc) is 2.64. The Morgan fingerprint density at radius 2 is 1.70 bits per heavy atom. The lowest BCUT2D eigenvalue weighted by Gasteiger charge is -2.13. The number of halogens is 5. The summed E-state index contributed by atoms with van der Waals surface area (Å²) in [5.41, 5.74) is -0.942. The van der Waals surface area contributed by atoms with Crippen molar-refractivity contribution in [3.63, 3.8) is 0 Å². The number of ketones is 1. The van der Waals surface area contributed by atoms with E-state index in [0.717, 1.165) is 18.5 Å². The molecule has 0 unspecified atom stereocenters. The molecule has 5 nitrogen and oxygen atoms in total. The molecule has 1 N–H and O–H groups in total. The second-order valence-electron chi connectivity index (χ2n) is 6.00. The highest BCUT2D eigenvalue weighted by atomic mass is 35.5. The average molecular weight is 459 g/mol. The lowest BCUT2D eigenvalue weighted by atomic mass is 9.98. The molecule has 30 heavy (non-hydrogen) atoms. The van der Waals surface area contributed by atoms with Gasteiger partial charge in [0.1, 0.15) is 13.4 Å². The summed E-state index contributed by atoms with van der Waals surface area (Å²) in [4.78, 5) is 29.0. The molecule has 10 heteroatoms. The number of carbonyl (C=O) groups is 2. The van der Waals surface area contributed by atoms with E-state index < -0.39 is 23.4 Å². The second-order valence-corrected chi connectivity index (χ2v) is 6.87. The van der Waals surface area contributed by atoms with Crippen molar-refractivity contribution in [2.75, 3.05) is 7.11 Å². The van der Waals surface area contributed by atoms with Crippen LogP contribution >= 0.6 is 23.2 Å². The fraction of sp³-hybridized carbons (Fsp3) is 0.150. The van der Waals surface area contributed by atoms with Crippen LogP contribution in [0, 0.1) is 6.92 Å². The van der Waals surface area contributed by atoms with Crippen LogP contribution in [0.2, 0.25) is 10.0 Å². The quantitative estimate of drug-likeness (QED) is 0.205. The minimum atomic E-state index is -4.82. The van der Waals surface area contributed by atoms with Crippen LogP contribution < -0.4 is 5.32 Å². The van der Waals surface area contributed by atoms with Crippen molar-refractivity contribution in [3.05, 3.63) is 74.8 Å². The number of amides is 1. The van der Waals surface area contributed by atoms with Crippen molar-refractivity contribution < 1.29 is 27.6 Å². The minimum Gasteiger partial charge on any atom is -0.398 e. The maximum atomic E-state index is 13.6. The molecule has 0 radical (unpaired) electrons. The van der Waals surface area contributed by atoms with Gasteiger partial charge in [0.25, 0.3) is 5.91 Å². The van der Waals surface area contributed by atoms with Crippen LogP contribution in [0.3, 0.4) is 0 Å². The topological polar surface area (TPSA) is 67.8 Å². The number of carbonyl (C=O) groups excluding carboxylic acids is 2. The monoisotopic (exact) mass is 458 g/mol. The van der Waals surface area contributed by atoms with Crippen LogP contribution in [-0.2, 0) is 4.84 Å². The van der Waals surface area contributed by atoms with Gasteiger partial charge in [-0.15, -0.1) is 0 Å². The Balaban J connectivity index is 2.39. The Morgan fingerprint density at radius 3 is 2.23 bits per heavy atom. The number of benzene rings is 2. The molecule has 0 bridgehead atoms. The number of rotatable bonds is 6. The standard InChI is InChI=1S/C20H15Cl2F3N2O3/c1-11-5-12(3-4-16(11)19(29)26-10-27-30-2)18(28)9-17(20(23,24)25)13-6-14(21)8-15(22)7-13/h3-10H,1-2H3,(H,26,27,29). The molecule has 2 aromatic carbocycles. The van der Waals surface area contributed by atoms with Crippen molar-refractivity contribution in [3.8, 4) is 0 Å². The van der Waals surface area contributed by atoms with E-state index in [0.29, 0.717) is 11.6 Å². The van der Waals surface area contributed by atoms with Gasteiger partial charge < -0.3 is 10.2 Å². The molecule has 158 valence electrons. The molecule has 0 heterocycles. The maximum Gasteiger partial charge on any atom is 0.417 e. The Labute approximate surface area is 180 Å². The molecule has 0 aliphatic carbocycles. The van der Waals surface area contributed by atoms with Gasteiger partial charge in [0.2, 0.25) is 0 Å². The van der Waals surface area contributed by atoms with Gasteiger partial charge in [0, 0.05) is 21.2 Å². The van der Waals surface area contributed by atoms with Crippen molar-refractivity contribution in [1.82, 2.24) is 5.32 Å². The van der Waals surface area contributed by atoms with Crippen LogP contribution in [-0.4, -0.2) is 31.3 Å². The number of alkyl halides is 3. The summed E-state index contributed by atoms with van der Waals surface area (Å²) in [5, 5.41) is 5.72. The summed E-state index contributed by atoms with van der Waals surface area (Å²) in [6, 6.07) is 7.33. The number of hydrogen-bond acceptors (Lipinski definition) is 4. The molecule has 1 amide bonds. The molecule has 0 saturated carbocycles. The Kier molecular flexibility index (Phi) is 7.64. The third-order valence-corrected chi connectivity index (χ3v) is 4.30. The van der Waals surface area contributed by atoms with E-state index in [-0.39, 0.29) is 26.7 Å². The molecule has 0 saturated heterocycles. The van der Waals surface area contributed by atoms with Gasteiger partial charge >= 0.3 is 6.18 Å². The van der Waals surface area contributed by atoms with Crippen molar-refractivity contribution >= 4 is 46.8 Å². The second kappa shape index (κ2) is 9.77. The SMILES string of the molecule is CON=CNC(=O)c1ccc(C(=O)C=C(c2cc(Cl)cc(Cl)c2)C(F)(F)F)cc1C. The molecular weight excluding hydrogens is 444 g/mol. The molecule has 0 aromatic heterocycles. The smallest absolute Gasteiger partial charge is 0.398 e. The molecule has 0 atom stereocenters. The summed E-state index contributed by atoms with van der Waals surface area (Å²) >= 11 is 11.6. The number of oxime groups is 1. The predicted octanol–water partition coefficient (Wildman–Crippen LogP) is 5.45. The number of allylic oxidation sites excluding steroid dienone is 2. The first-order chi connectivity index (χ1) is 14.0. The van der Waals surface area contributed by atoms with Gasteiger partial charge in [-0.25, -0.2) is 0 Å². The van der Waals surface area contributed by atoms with Crippen LogP contribution in [0.25, 0.3) is 5.57 Å². The molecule has 0 spiro atoms. The van der Waals surface area contributed by atoms with Crippen LogP contribution in [0.1, 0.15) is 31.8 Å². The van der Waals surface area contributed by atoms with Crippen molar-refractivity contribution in [1.29, 1.82) is 0 Å². The fourth-order valence-electron chi connectivity index (χ4n) is 2.54. The van der Waals surface area contributed by atoms with Gasteiger partial charge in [-0.2, -0.15) is 13.2 Å². The van der Waals surface area contributed by atoms with Crippen LogP contribution in [0.4, 0.5) is 13.2 Å². The third kappa shape index (κ3) is 6.08. The van der Waals surface area contributed by atoms with Gasteiger partial charge in [0.15, 0.2) is 5.78 Å². The number of hydrogen-bond donors (Lipinski definition) is 1. The lowest BCUT2D eigenvalue weighted by molar-refractivity contribution is -0.0689. The Morgan fingerprint density at radius 1 is 1.07 bits per heavy atom. The largest absolute Gasteiger partial charge is 0.417 e. The van der Waals surface area contributed by atoms with Crippen molar-refractivity contribution in [2.24, 2.45) is 5.16 Å². The molecule has 2 aromatic rings. The Bertz CT molecular complexity index is 1010. The van der Waals surface area contributed by atoms with Gasteiger partial charge in [-0.1, -0.05) is 34.4 Å². The van der Waals surface area contributed by atoms with Gasteiger partial charge in [-0.05, 0) is 54.5 Å². The van der Waals surface area contributed by atoms with Gasteiger partial charge in [-0.3, -0.25) is 9.59 Å². The van der Waals surface area contributed by atoms with E-state index in [1.165, 1.54) is 31.4 Å². The van der Waals surface area contributed by atoms with E-state index in [9.17, 15) is 22.8 Å². The molecule has 0 aliphatic heterocycles. The fourth-order valence-corrected chi connectivity index (χ4v) is 3.07. The molecule has 0 aliphatic rings. The summed E-state index contributed by atoms with van der Waals surface area (Å²) in [7, 11) is 1.30. The van der Waals surface area contributed by atoms with Crippen LogP contribution in [0.5, 0.6) is 0 Å². The van der Waals surface area contributed by atoms with E-state index in [1.54, 1.807) is 6.92 Å². The molecule has 0 fully saturated rings. The zero-order valence-corrected chi connectivity index (χ0v) is 17.2. The minimum absolute atomic E-state index is 0.00308. The predicted molar refractivity (Wildman–Crippen MR) is 109 cm³/mol. The summed E-state index contributed by atoms with van der Waals surface area (Å²) in [6.45, 7) is 1.55. The third-order valence-electron chi connectivity index (χ3n) is 3.86. The molecule has 2 rings (SSSR count). The zero-order valence-electron chi connectivity index (χ0n) is 15.7. The highest BCUT2D eigenvalue weighted by molar-refractivity contribution is 6.35. The van der Waals surface area contributed by atoms with Crippen molar-refractivity contribution in [2.45, 2.75) is 13.1 Å². The first-order valence-corrected chi connectivity index (χ1v) is 9.04. The summed E-state index contributed by atoms with van der Waals surface area (Å²) < 4.78 is 40.7. The van der Waals surface area contributed by atoms with E-state index in [1.807, 2.05) is 0 Å². The van der Waals surface area contributed by atoms with E-state index in [4.69, 9.17) is 23.2 Å². The first-order valence-electron chi connectivity index (χ1n) is 8.29.